The van der Waals surface area contributed by atoms with E-state index < -0.39 is 36.0 Å². The van der Waals surface area contributed by atoms with Crippen LogP contribution in [0.4, 0.5) is 15.3 Å². The molecular weight excluding hydrogens is 1010 g/mol. The molecule has 2 atom stereocenters. The summed E-state index contributed by atoms with van der Waals surface area (Å²) >= 11 is 0. The lowest BCUT2D eigenvalue weighted by Gasteiger charge is -2.25. The minimum atomic E-state index is -1.08. The number of primary amides is 1. The molecule has 0 spiro atoms. The lowest BCUT2D eigenvalue weighted by molar-refractivity contribution is -0.137. The number of H-pyrrole nitrogens is 1. The molecule has 7 aromatic rings. The first kappa shape index (κ1) is 55.6. The largest absolute Gasteiger partial charge is 0.445 e. The van der Waals surface area contributed by atoms with Crippen LogP contribution in [0.5, 0.6) is 0 Å². The van der Waals surface area contributed by atoms with Crippen molar-refractivity contribution in [1.82, 2.24) is 60.3 Å². The number of carbonyl (C=O) groups is 7. The molecule has 0 radical (unpaired) electrons. The molecule has 1 aliphatic heterocycles. The van der Waals surface area contributed by atoms with Gasteiger partial charge in [-0.25, -0.2) is 24.1 Å². The first-order valence-electron chi connectivity index (χ1n) is 26.0. The third-order valence-electron chi connectivity index (χ3n) is 13.1. The first-order chi connectivity index (χ1) is 38.2. The van der Waals surface area contributed by atoms with Crippen LogP contribution in [-0.4, -0.2) is 111 Å². The van der Waals surface area contributed by atoms with E-state index >= 15 is 0 Å². The molecule has 0 saturated heterocycles. The van der Waals surface area contributed by atoms with Crippen LogP contribution in [0.3, 0.4) is 0 Å². The number of pyridine rings is 3. The Morgan fingerprint density at radius 1 is 0.797 bits per heavy atom. The molecule has 0 bridgehead atoms. The molecule has 0 aliphatic carbocycles. The third kappa shape index (κ3) is 15.1. The fraction of sp³-hybridized carbons (Fsp3) is 0.298. The smallest absolute Gasteiger partial charge is 0.410 e. The van der Waals surface area contributed by atoms with Crippen LogP contribution in [0, 0.1) is 12.8 Å². The first-order valence-corrected chi connectivity index (χ1v) is 26.0. The second kappa shape index (κ2) is 26.4. The Bertz CT molecular complexity index is 3320. The number of benzene rings is 2. The number of hydrogen-bond acceptors (Lipinski definition) is 13. The molecular formula is C57H62N14O8. The number of imidazole rings is 1. The van der Waals surface area contributed by atoms with Gasteiger partial charge in [-0.05, 0) is 109 Å². The number of ether oxygens (including phenoxy) is 1. The quantitative estimate of drug-likeness (QED) is 0.0268. The lowest BCUT2D eigenvalue weighted by atomic mass is 10.0. The summed E-state index contributed by atoms with van der Waals surface area (Å²) in [6.07, 6.45) is 10.7. The SMILES string of the molecule is Cc1cccc(-c2nc(CN(Cc3ccccc3-c3ccncc3)C(=O)OCc3ccc(NC(=O)C(CCCNC(N)=O)NC(=O)C(NC(=O)CCCCCN4C(=O)C=CC4=O)C(C)C)cc3)[nH]c2-c2ccc3ncnn3c2)n1. The fourth-order valence-electron chi connectivity index (χ4n) is 8.94. The number of nitrogens with two attached hydrogens (primary N) is 1. The molecule has 0 saturated carbocycles. The van der Waals surface area contributed by atoms with Crippen molar-refractivity contribution in [3.05, 3.63) is 151 Å². The summed E-state index contributed by atoms with van der Waals surface area (Å²) in [5.74, 6) is -2.07. The Morgan fingerprint density at radius 2 is 1.57 bits per heavy atom. The van der Waals surface area contributed by atoms with Crippen LogP contribution in [0.1, 0.15) is 75.0 Å². The Balaban J connectivity index is 0.939. The van der Waals surface area contributed by atoms with Gasteiger partial charge in [0.05, 0.1) is 24.5 Å². The molecule has 6 heterocycles. The number of nitrogens with one attached hydrogen (secondary N) is 5. The summed E-state index contributed by atoms with van der Waals surface area (Å²) in [4.78, 5) is 115. The van der Waals surface area contributed by atoms with E-state index in [1.807, 2.05) is 79.9 Å². The molecule has 79 heavy (non-hydrogen) atoms. The fourth-order valence-corrected chi connectivity index (χ4v) is 8.94. The number of amides is 8. The molecule has 5 aromatic heterocycles. The maximum absolute atomic E-state index is 14.4. The number of fused-ring (bicyclic) bond motifs is 1. The van der Waals surface area contributed by atoms with Crippen molar-refractivity contribution < 1.29 is 38.3 Å². The van der Waals surface area contributed by atoms with Gasteiger partial charge in [0.15, 0.2) is 5.65 Å². The normalized spacial score (nSPS) is 12.8. The number of aromatic nitrogens is 7. The number of unbranched alkanes of at least 4 members (excludes halogenated alkanes) is 2. The summed E-state index contributed by atoms with van der Waals surface area (Å²) in [5.41, 5.74) is 13.1. The highest BCUT2D eigenvalue weighted by Crippen LogP contribution is 2.31. The summed E-state index contributed by atoms with van der Waals surface area (Å²) in [7, 11) is 0. The van der Waals surface area contributed by atoms with E-state index in [-0.39, 0.29) is 75.7 Å². The van der Waals surface area contributed by atoms with Crippen LogP contribution >= 0.6 is 0 Å². The number of aromatic amines is 1. The number of aryl methyl sites for hydroxylation is 1. The average molecular weight is 1070 g/mol. The Labute approximate surface area is 455 Å². The number of carbonyl (C=O) groups excluding carboxylic acids is 7. The highest BCUT2D eigenvalue weighted by Gasteiger charge is 2.30. The van der Waals surface area contributed by atoms with Gasteiger partial charge in [-0.15, -0.1) is 0 Å². The summed E-state index contributed by atoms with van der Waals surface area (Å²) in [6.45, 7) is 5.89. The topological polar surface area (TPSA) is 294 Å². The standard InChI is InChI=1S/C57H62N14O8/c1-36(2)51(68-48(72)16-5-4-8-30-70-49(73)23-24-50(70)74)55(76)65-45(15-10-27-60-56(58)77)54(75)64-42-20-17-38(18-21-42)34-79-57(78)69(31-40-12-6-7-13-43(40)39-25-28-59-29-26-39)33-46-66-52(41-19-22-47-61-35-62-71(47)32-41)53(67-46)44-14-9-11-37(3)63-44/h6-7,9,11-14,17-26,28-29,32,35-36,45,51H,4-5,8,10,15-16,27,30-31,33-34H2,1-3H3,(H,64,75)(H,65,76)(H,66,67)(H,68,72)(H3,58,60,77). The van der Waals surface area contributed by atoms with Crippen LogP contribution in [-0.2, 0) is 48.4 Å². The molecule has 0 fully saturated rings. The number of nitrogens with zero attached hydrogens (tertiary/aromatic N) is 8. The van der Waals surface area contributed by atoms with Crippen molar-refractivity contribution in [2.24, 2.45) is 11.7 Å². The van der Waals surface area contributed by atoms with Gasteiger partial charge in [0.2, 0.25) is 17.7 Å². The number of anilines is 1. The zero-order valence-corrected chi connectivity index (χ0v) is 44.1. The monoisotopic (exact) mass is 1070 g/mol. The van der Waals surface area contributed by atoms with Gasteiger partial charge in [-0.2, -0.15) is 5.10 Å². The van der Waals surface area contributed by atoms with Gasteiger partial charge >= 0.3 is 12.1 Å². The van der Waals surface area contributed by atoms with E-state index in [1.54, 1.807) is 59.9 Å². The van der Waals surface area contributed by atoms with E-state index in [0.717, 1.165) is 32.8 Å². The molecule has 2 aromatic carbocycles. The van der Waals surface area contributed by atoms with Gasteiger partial charge in [0.25, 0.3) is 11.8 Å². The van der Waals surface area contributed by atoms with Crippen LogP contribution in [0.25, 0.3) is 39.4 Å². The van der Waals surface area contributed by atoms with E-state index in [2.05, 4.69) is 41.3 Å². The average Bonchev–Trinajstić information content (AvgIpc) is 4.34. The van der Waals surface area contributed by atoms with Crippen molar-refractivity contribution >= 4 is 53.0 Å². The summed E-state index contributed by atoms with van der Waals surface area (Å²) < 4.78 is 7.69. The molecule has 7 N–H and O–H groups in total. The lowest BCUT2D eigenvalue weighted by Crippen LogP contribution is -2.54. The molecule has 8 rings (SSSR count). The summed E-state index contributed by atoms with van der Waals surface area (Å²) in [6, 6.07) is 25.0. The maximum Gasteiger partial charge on any atom is 0.410 e. The Hall–Kier alpha value is -9.60. The number of hydrogen-bond donors (Lipinski definition) is 6. The molecule has 22 nitrogen and oxygen atoms in total. The third-order valence-corrected chi connectivity index (χ3v) is 13.1. The maximum atomic E-state index is 14.4. The zero-order valence-electron chi connectivity index (χ0n) is 44.1. The molecule has 8 amide bonds. The van der Waals surface area contributed by atoms with E-state index in [1.165, 1.54) is 18.5 Å². The van der Waals surface area contributed by atoms with Crippen molar-refractivity contribution in [2.75, 3.05) is 18.4 Å². The van der Waals surface area contributed by atoms with Crippen LogP contribution < -0.4 is 27.0 Å². The van der Waals surface area contributed by atoms with Crippen LogP contribution in [0.15, 0.2) is 128 Å². The van der Waals surface area contributed by atoms with E-state index in [9.17, 15) is 33.6 Å². The molecule has 1 aliphatic rings. The minimum Gasteiger partial charge on any atom is -0.445 e. The highest BCUT2D eigenvalue weighted by atomic mass is 16.6. The highest BCUT2D eigenvalue weighted by molar-refractivity contribution is 6.12. The molecule has 2 unspecified atom stereocenters. The second-order valence-corrected chi connectivity index (χ2v) is 19.3. The van der Waals surface area contributed by atoms with Gasteiger partial charge in [0, 0.05) is 67.2 Å². The predicted octanol–water partition coefficient (Wildman–Crippen LogP) is 6.39. The second-order valence-electron chi connectivity index (χ2n) is 19.3. The summed E-state index contributed by atoms with van der Waals surface area (Å²) in [5, 5.41) is 15.2. The van der Waals surface area contributed by atoms with Crippen molar-refractivity contribution in [2.45, 2.75) is 91.1 Å². The minimum absolute atomic E-state index is 0.0204. The number of urea groups is 1. The molecule has 22 heteroatoms. The van der Waals surface area contributed by atoms with Gasteiger partial charge < -0.3 is 36.7 Å². The van der Waals surface area contributed by atoms with E-state index in [4.69, 9.17) is 20.4 Å². The van der Waals surface area contributed by atoms with Crippen molar-refractivity contribution in [3.8, 4) is 33.8 Å². The van der Waals surface area contributed by atoms with Crippen molar-refractivity contribution in [3.63, 3.8) is 0 Å². The van der Waals surface area contributed by atoms with Gasteiger partial charge in [-0.1, -0.05) is 62.7 Å². The zero-order chi connectivity index (χ0) is 55.8. The van der Waals surface area contributed by atoms with Gasteiger partial charge in [0.1, 0.15) is 36.5 Å². The predicted molar refractivity (Wildman–Crippen MR) is 293 cm³/mol. The van der Waals surface area contributed by atoms with Crippen LogP contribution in [0.2, 0.25) is 0 Å². The molecule has 408 valence electrons. The Morgan fingerprint density at radius 3 is 2.32 bits per heavy atom. The van der Waals surface area contributed by atoms with E-state index in [0.29, 0.717) is 59.1 Å². The van der Waals surface area contributed by atoms with Crippen molar-refractivity contribution in [1.29, 1.82) is 0 Å². The van der Waals surface area contributed by atoms with Gasteiger partial charge in [-0.3, -0.25) is 43.7 Å². The number of rotatable bonds is 25. The Kier molecular flexibility index (Phi) is 18.6. The number of imide groups is 1.